The molecule has 0 N–H and O–H groups in total. The monoisotopic (exact) mass is 300 g/mol. The third kappa shape index (κ3) is 2.78. The minimum atomic E-state index is 0.273. The van der Waals surface area contributed by atoms with Gasteiger partial charge in [0.2, 0.25) is 0 Å². The van der Waals surface area contributed by atoms with Crippen molar-refractivity contribution in [2.24, 2.45) is 0 Å². The van der Waals surface area contributed by atoms with Crippen LogP contribution in [-0.2, 0) is 0 Å². The number of ether oxygens (including phenoxy) is 1. The van der Waals surface area contributed by atoms with Gasteiger partial charge in [-0.25, -0.2) is 0 Å². The summed E-state index contributed by atoms with van der Waals surface area (Å²) in [5.74, 6) is 0.705. The molecule has 5 heteroatoms. The number of hydrogen-bond donors (Lipinski definition) is 0. The molecule has 0 aliphatic carbocycles. The van der Waals surface area contributed by atoms with E-state index >= 15 is 0 Å². The Labute approximate surface area is 119 Å². The number of hydrogen-bond acceptors (Lipinski definition) is 2. The minimum Gasteiger partial charge on any atom is -0.455 e. The molecule has 0 aliphatic rings. The van der Waals surface area contributed by atoms with Crippen molar-refractivity contribution in [3.05, 3.63) is 57.0 Å². The van der Waals surface area contributed by atoms with E-state index in [0.717, 1.165) is 0 Å². The highest BCUT2D eigenvalue weighted by Crippen LogP contribution is 2.34. The first-order valence-corrected chi connectivity index (χ1v) is 6.12. The van der Waals surface area contributed by atoms with E-state index in [4.69, 9.17) is 39.5 Å². The average Bonchev–Trinajstić information content (AvgIpc) is 2.34. The number of benzene rings is 2. The summed E-state index contributed by atoms with van der Waals surface area (Å²) in [4.78, 5) is 11.0. The summed E-state index contributed by atoms with van der Waals surface area (Å²) in [5, 5.41) is 1.21. The normalized spacial score (nSPS) is 10.2. The fraction of sp³-hybridized carbons (Fsp3) is 0. The second kappa shape index (κ2) is 5.61. The molecule has 0 aromatic heterocycles. The molecule has 0 unspecified atom stereocenters. The van der Waals surface area contributed by atoms with Crippen molar-refractivity contribution < 1.29 is 9.53 Å². The van der Waals surface area contributed by atoms with E-state index in [-0.39, 0.29) is 5.56 Å². The molecule has 92 valence electrons. The topological polar surface area (TPSA) is 26.3 Å². The molecule has 0 radical (unpaired) electrons. The molecule has 0 spiro atoms. The van der Waals surface area contributed by atoms with Crippen molar-refractivity contribution in [1.82, 2.24) is 0 Å². The number of aldehydes is 1. The van der Waals surface area contributed by atoms with Gasteiger partial charge < -0.3 is 4.74 Å². The van der Waals surface area contributed by atoms with E-state index in [2.05, 4.69) is 0 Å². The van der Waals surface area contributed by atoms with Gasteiger partial charge in [-0.15, -0.1) is 0 Å². The molecule has 0 bridgehead atoms. The predicted molar refractivity (Wildman–Crippen MR) is 73.4 cm³/mol. The van der Waals surface area contributed by atoms with Gasteiger partial charge in [-0.3, -0.25) is 4.79 Å². The Morgan fingerprint density at radius 2 is 1.72 bits per heavy atom. The maximum atomic E-state index is 11.0. The Bertz CT molecular complexity index is 597. The molecular weight excluding hydrogens is 294 g/mol. The van der Waals surface area contributed by atoms with Crippen LogP contribution < -0.4 is 4.74 Å². The summed E-state index contributed by atoms with van der Waals surface area (Å²) in [7, 11) is 0. The van der Waals surface area contributed by atoms with Gasteiger partial charge in [-0.1, -0.05) is 40.9 Å². The van der Waals surface area contributed by atoms with Gasteiger partial charge in [0.1, 0.15) is 11.5 Å². The van der Waals surface area contributed by atoms with Gasteiger partial charge in [0.25, 0.3) is 0 Å². The van der Waals surface area contributed by atoms with Crippen LogP contribution in [0.1, 0.15) is 10.4 Å². The third-order valence-corrected chi connectivity index (χ3v) is 3.12. The summed E-state index contributed by atoms with van der Waals surface area (Å²) in [6.07, 6.45) is 0.635. The molecule has 2 rings (SSSR count). The van der Waals surface area contributed by atoms with E-state index < -0.39 is 0 Å². The quantitative estimate of drug-likeness (QED) is 0.724. The van der Waals surface area contributed by atoms with Gasteiger partial charge in [0.05, 0.1) is 15.6 Å². The average molecular weight is 302 g/mol. The number of rotatable bonds is 3. The summed E-state index contributed by atoms with van der Waals surface area (Å²) in [6, 6.07) is 9.76. The van der Waals surface area contributed by atoms with Crippen LogP contribution in [0.2, 0.25) is 15.1 Å². The largest absolute Gasteiger partial charge is 0.455 e. The highest BCUT2D eigenvalue weighted by atomic mass is 35.5. The molecule has 0 saturated heterocycles. The van der Waals surface area contributed by atoms with Crippen molar-refractivity contribution in [2.45, 2.75) is 0 Å². The second-order valence-corrected chi connectivity index (χ2v) is 4.70. The smallest absolute Gasteiger partial charge is 0.155 e. The van der Waals surface area contributed by atoms with Crippen molar-refractivity contribution in [3.63, 3.8) is 0 Å². The fourth-order valence-electron chi connectivity index (χ4n) is 1.39. The van der Waals surface area contributed by atoms with E-state index in [9.17, 15) is 4.79 Å². The lowest BCUT2D eigenvalue weighted by Gasteiger charge is -2.10. The first kappa shape index (κ1) is 13.2. The van der Waals surface area contributed by atoms with E-state index in [1.807, 2.05) is 0 Å². The zero-order valence-corrected chi connectivity index (χ0v) is 11.3. The van der Waals surface area contributed by atoms with Crippen LogP contribution in [0.4, 0.5) is 0 Å². The zero-order valence-electron chi connectivity index (χ0n) is 8.99. The van der Waals surface area contributed by atoms with E-state index in [0.29, 0.717) is 32.9 Å². The predicted octanol–water partition coefficient (Wildman–Crippen LogP) is 5.25. The highest BCUT2D eigenvalue weighted by molar-refractivity contribution is 6.34. The van der Waals surface area contributed by atoms with Crippen LogP contribution in [0.15, 0.2) is 36.4 Å². The Hall–Kier alpha value is -1.22. The number of halogens is 3. The Morgan fingerprint density at radius 3 is 2.44 bits per heavy atom. The molecule has 0 fully saturated rings. The van der Waals surface area contributed by atoms with Gasteiger partial charge >= 0.3 is 0 Å². The zero-order chi connectivity index (χ0) is 13.1. The molecule has 0 saturated carbocycles. The maximum Gasteiger partial charge on any atom is 0.155 e. The van der Waals surface area contributed by atoms with Crippen molar-refractivity contribution in [3.8, 4) is 11.5 Å². The van der Waals surface area contributed by atoms with Crippen LogP contribution in [0.25, 0.3) is 0 Å². The molecule has 0 aliphatic heterocycles. The third-order valence-electron chi connectivity index (χ3n) is 2.24. The second-order valence-electron chi connectivity index (χ2n) is 3.45. The summed E-state index contributed by atoms with van der Waals surface area (Å²) in [6.45, 7) is 0. The maximum absolute atomic E-state index is 11.0. The van der Waals surface area contributed by atoms with Crippen LogP contribution in [0, 0.1) is 0 Å². The molecule has 2 nitrogen and oxygen atoms in total. The SMILES string of the molecule is O=Cc1c(Cl)cccc1Oc1cc(Cl)ccc1Cl. The molecule has 18 heavy (non-hydrogen) atoms. The lowest BCUT2D eigenvalue weighted by molar-refractivity contribution is 0.112. The van der Waals surface area contributed by atoms with Crippen LogP contribution in [-0.4, -0.2) is 6.29 Å². The van der Waals surface area contributed by atoms with Gasteiger partial charge in [-0.05, 0) is 24.3 Å². The molecule has 0 atom stereocenters. The number of carbonyl (C=O) groups excluding carboxylic acids is 1. The molecular formula is C13H7Cl3O2. The first-order valence-electron chi connectivity index (χ1n) is 4.98. The molecule has 2 aromatic carbocycles. The highest BCUT2D eigenvalue weighted by Gasteiger charge is 2.10. The van der Waals surface area contributed by atoms with Crippen LogP contribution >= 0.6 is 34.8 Å². The minimum absolute atomic E-state index is 0.273. The van der Waals surface area contributed by atoms with Gasteiger partial charge in [0, 0.05) is 11.1 Å². The van der Waals surface area contributed by atoms with Crippen molar-refractivity contribution in [2.75, 3.05) is 0 Å². The van der Waals surface area contributed by atoms with Crippen molar-refractivity contribution >= 4 is 41.1 Å². The Balaban J connectivity index is 2.43. The van der Waals surface area contributed by atoms with Crippen LogP contribution in [0.5, 0.6) is 11.5 Å². The fourth-order valence-corrected chi connectivity index (χ4v) is 1.92. The van der Waals surface area contributed by atoms with Gasteiger partial charge in [-0.2, -0.15) is 0 Å². The van der Waals surface area contributed by atoms with Crippen LogP contribution in [0.3, 0.4) is 0 Å². The Morgan fingerprint density at radius 1 is 0.944 bits per heavy atom. The lowest BCUT2D eigenvalue weighted by atomic mass is 10.2. The lowest BCUT2D eigenvalue weighted by Crippen LogP contribution is -1.92. The van der Waals surface area contributed by atoms with Gasteiger partial charge in [0.15, 0.2) is 6.29 Å². The summed E-state index contributed by atoms with van der Waals surface area (Å²) in [5.41, 5.74) is 0.273. The Kier molecular flexibility index (Phi) is 4.12. The van der Waals surface area contributed by atoms with Crippen molar-refractivity contribution in [1.29, 1.82) is 0 Å². The van der Waals surface area contributed by atoms with E-state index in [1.54, 1.807) is 36.4 Å². The molecule has 0 amide bonds. The molecule has 0 heterocycles. The summed E-state index contributed by atoms with van der Waals surface area (Å²) < 4.78 is 5.56. The standard InChI is InChI=1S/C13H7Cl3O2/c14-8-4-5-11(16)13(6-8)18-12-3-1-2-10(15)9(12)7-17/h1-7H. The number of carbonyl (C=O) groups is 1. The van der Waals surface area contributed by atoms with E-state index in [1.165, 1.54) is 0 Å². The first-order chi connectivity index (χ1) is 8.61. The molecule has 2 aromatic rings. The summed E-state index contributed by atoms with van der Waals surface area (Å²) >= 11 is 17.7.